The lowest BCUT2D eigenvalue weighted by atomic mass is 9.97. The number of aliphatic hydroxyl groups is 1. The van der Waals surface area contributed by atoms with Crippen molar-refractivity contribution in [2.45, 2.75) is 47.0 Å². The van der Waals surface area contributed by atoms with Gasteiger partial charge in [0.25, 0.3) is 0 Å². The second-order valence-electron chi connectivity index (χ2n) is 4.15. The fourth-order valence-corrected chi connectivity index (χ4v) is 1.43. The van der Waals surface area contributed by atoms with E-state index in [0.717, 1.165) is 19.3 Å². The Morgan fingerprint density at radius 3 is 2.31 bits per heavy atom. The van der Waals surface area contributed by atoms with Gasteiger partial charge in [0.2, 0.25) is 0 Å². The topological polar surface area (TPSA) is 20.2 Å². The molecule has 0 aromatic heterocycles. The zero-order valence-electron chi connectivity index (χ0n) is 9.51. The summed E-state index contributed by atoms with van der Waals surface area (Å²) < 4.78 is 0. The van der Waals surface area contributed by atoms with Crippen LogP contribution in [-0.2, 0) is 0 Å². The van der Waals surface area contributed by atoms with E-state index in [2.05, 4.69) is 33.8 Å². The monoisotopic (exact) mass is 184 g/mol. The normalized spacial score (nSPS) is 15.1. The summed E-state index contributed by atoms with van der Waals surface area (Å²) in [6.45, 7) is 9.10. The Hall–Kier alpha value is -0.300. The Bertz CT molecular complexity index is 147. The van der Waals surface area contributed by atoms with E-state index in [-0.39, 0.29) is 0 Å². The van der Waals surface area contributed by atoms with Crippen molar-refractivity contribution in [1.82, 2.24) is 0 Å². The molecule has 0 fully saturated rings. The molecular weight excluding hydrogens is 160 g/mol. The first-order valence-electron chi connectivity index (χ1n) is 5.41. The highest BCUT2D eigenvalue weighted by molar-refractivity contribution is 5.03. The van der Waals surface area contributed by atoms with E-state index in [1.807, 2.05) is 0 Å². The SMILES string of the molecule is CCC(=CCCC(C)CO)C(C)C. The molecular formula is C12H24O. The van der Waals surface area contributed by atoms with Crippen molar-refractivity contribution in [2.75, 3.05) is 6.61 Å². The molecule has 1 atom stereocenters. The molecule has 0 bridgehead atoms. The lowest BCUT2D eigenvalue weighted by Crippen LogP contribution is -2.00. The van der Waals surface area contributed by atoms with Gasteiger partial charge in [-0.2, -0.15) is 0 Å². The van der Waals surface area contributed by atoms with Crippen molar-refractivity contribution in [2.24, 2.45) is 11.8 Å². The molecule has 0 radical (unpaired) electrons. The lowest BCUT2D eigenvalue weighted by Gasteiger charge is -2.10. The van der Waals surface area contributed by atoms with Crippen molar-refractivity contribution < 1.29 is 5.11 Å². The molecule has 0 spiro atoms. The van der Waals surface area contributed by atoms with E-state index >= 15 is 0 Å². The summed E-state index contributed by atoms with van der Waals surface area (Å²) in [5.41, 5.74) is 1.55. The van der Waals surface area contributed by atoms with Crippen LogP contribution in [0.1, 0.15) is 47.0 Å². The Kier molecular flexibility index (Phi) is 6.97. The molecule has 0 aliphatic rings. The van der Waals surface area contributed by atoms with Gasteiger partial charge in [-0.3, -0.25) is 0 Å². The van der Waals surface area contributed by atoms with E-state index in [1.165, 1.54) is 0 Å². The molecule has 1 N–H and O–H groups in total. The molecule has 0 aliphatic carbocycles. The third-order valence-electron chi connectivity index (χ3n) is 2.53. The standard InChI is InChI=1S/C12H24O/c1-5-12(10(2)3)8-6-7-11(4)9-13/h8,10-11,13H,5-7,9H2,1-4H3. The Morgan fingerprint density at radius 2 is 1.92 bits per heavy atom. The average Bonchev–Trinajstić information content (AvgIpc) is 2.11. The fourth-order valence-electron chi connectivity index (χ4n) is 1.43. The van der Waals surface area contributed by atoms with Crippen LogP contribution in [0.4, 0.5) is 0 Å². The largest absolute Gasteiger partial charge is 0.396 e. The second kappa shape index (κ2) is 7.14. The Labute approximate surface area is 82.9 Å². The molecule has 13 heavy (non-hydrogen) atoms. The molecule has 0 saturated carbocycles. The third kappa shape index (κ3) is 5.87. The van der Waals surface area contributed by atoms with Crippen LogP contribution in [0.2, 0.25) is 0 Å². The summed E-state index contributed by atoms with van der Waals surface area (Å²) in [5.74, 6) is 1.12. The van der Waals surface area contributed by atoms with Gasteiger partial charge in [-0.05, 0) is 31.1 Å². The average molecular weight is 184 g/mol. The first kappa shape index (κ1) is 12.7. The van der Waals surface area contributed by atoms with Gasteiger partial charge in [0.15, 0.2) is 0 Å². The lowest BCUT2D eigenvalue weighted by molar-refractivity contribution is 0.231. The van der Waals surface area contributed by atoms with Gasteiger partial charge < -0.3 is 5.11 Å². The van der Waals surface area contributed by atoms with Gasteiger partial charge in [-0.25, -0.2) is 0 Å². The molecule has 0 amide bonds. The van der Waals surface area contributed by atoms with Crippen LogP contribution < -0.4 is 0 Å². The van der Waals surface area contributed by atoms with Gasteiger partial charge in [-0.15, -0.1) is 0 Å². The molecule has 1 heteroatoms. The predicted octanol–water partition coefficient (Wildman–Crippen LogP) is 3.39. The number of allylic oxidation sites excluding steroid dienone is 2. The van der Waals surface area contributed by atoms with Crippen LogP contribution in [0.5, 0.6) is 0 Å². The van der Waals surface area contributed by atoms with E-state index in [0.29, 0.717) is 18.4 Å². The van der Waals surface area contributed by atoms with E-state index in [9.17, 15) is 0 Å². The predicted molar refractivity (Wildman–Crippen MR) is 58.7 cm³/mol. The van der Waals surface area contributed by atoms with Gasteiger partial charge in [-0.1, -0.05) is 39.3 Å². The number of rotatable bonds is 6. The zero-order chi connectivity index (χ0) is 10.3. The summed E-state index contributed by atoms with van der Waals surface area (Å²) in [5, 5.41) is 8.85. The maximum Gasteiger partial charge on any atom is 0.0456 e. The van der Waals surface area contributed by atoms with Crippen LogP contribution in [0.15, 0.2) is 11.6 Å². The first-order chi connectivity index (χ1) is 6.11. The summed E-state index contributed by atoms with van der Waals surface area (Å²) >= 11 is 0. The van der Waals surface area contributed by atoms with Crippen LogP contribution in [0, 0.1) is 11.8 Å². The first-order valence-corrected chi connectivity index (χ1v) is 5.41. The highest BCUT2D eigenvalue weighted by Crippen LogP contribution is 2.15. The highest BCUT2D eigenvalue weighted by atomic mass is 16.3. The zero-order valence-corrected chi connectivity index (χ0v) is 9.51. The van der Waals surface area contributed by atoms with Crippen LogP contribution >= 0.6 is 0 Å². The molecule has 1 unspecified atom stereocenters. The summed E-state index contributed by atoms with van der Waals surface area (Å²) in [6.07, 6.45) is 5.72. The molecule has 78 valence electrons. The van der Waals surface area contributed by atoms with Crippen molar-refractivity contribution >= 4 is 0 Å². The molecule has 0 aliphatic heterocycles. The molecule has 1 nitrogen and oxygen atoms in total. The van der Waals surface area contributed by atoms with Crippen molar-refractivity contribution in [3.63, 3.8) is 0 Å². The second-order valence-corrected chi connectivity index (χ2v) is 4.15. The van der Waals surface area contributed by atoms with Gasteiger partial charge in [0.05, 0.1) is 0 Å². The van der Waals surface area contributed by atoms with Gasteiger partial charge in [0.1, 0.15) is 0 Å². The maximum absolute atomic E-state index is 8.85. The molecule has 0 rings (SSSR count). The minimum Gasteiger partial charge on any atom is -0.396 e. The summed E-state index contributed by atoms with van der Waals surface area (Å²) in [4.78, 5) is 0. The number of hydrogen-bond acceptors (Lipinski definition) is 1. The van der Waals surface area contributed by atoms with Crippen molar-refractivity contribution in [3.05, 3.63) is 11.6 Å². The van der Waals surface area contributed by atoms with Crippen LogP contribution in [0.3, 0.4) is 0 Å². The molecule has 0 saturated heterocycles. The fraction of sp³-hybridized carbons (Fsp3) is 0.833. The quantitative estimate of drug-likeness (QED) is 0.627. The molecule has 0 aromatic carbocycles. The molecule has 0 heterocycles. The molecule has 0 aromatic rings. The Balaban J connectivity index is 3.80. The minimum atomic E-state index is 0.316. The van der Waals surface area contributed by atoms with Gasteiger partial charge in [0, 0.05) is 6.61 Å². The summed E-state index contributed by atoms with van der Waals surface area (Å²) in [7, 11) is 0. The number of aliphatic hydroxyl groups excluding tert-OH is 1. The number of hydrogen-bond donors (Lipinski definition) is 1. The van der Waals surface area contributed by atoms with Crippen LogP contribution in [0.25, 0.3) is 0 Å². The van der Waals surface area contributed by atoms with E-state index < -0.39 is 0 Å². The van der Waals surface area contributed by atoms with Crippen molar-refractivity contribution in [1.29, 1.82) is 0 Å². The van der Waals surface area contributed by atoms with E-state index in [1.54, 1.807) is 5.57 Å². The summed E-state index contributed by atoms with van der Waals surface area (Å²) in [6, 6.07) is 0. The Morgan fingerprint density at radius 1 is 1.31 bits per heavy atom. The smallest absolute Gasteiger partial charge is 0.0456 e. The van der Waals surface area contributed by atoms with Gasteiger partial charge >= 0.3 is 0 Å². The third-order valence-corrected chi connectivity index (χ3v) is 2.53. The highest BCUT2D eigenvalue weighted by Gasteiger charge is 2.01. The maximum atomic E-state index is 8.85. The van der Waals surface area contributed by atoms with Crippen LogP contribution in [-0.4, -0.2) is 11.7 Å². The van der Waals surface area contributed by atoms with Crippen molar-refractivity contribution in [3.8, 4) is 0 Å². The van der Waals surface area contributed by atoms with E-state index in [4.69, 9.17) is 5.11 Å². The minimum absolute atomic E-state index is 0.316.